The highest BCUT2D eigenvalue weighted by Gasteiger charge is 2.27. The van der Waals surface area contributed by atoms with Gasteiger partial charge in [-0.05, 0) is 25.1 Å². The fourth-order valence-corrected chi connectivity index (χ4v) is 4.35. The minimum atomic E-state index is -3.72. The van der Waals surface area contributed by atoms with Gasteiger partial charge in [-0.15, -0.1) is 0 Å². The van der Waals surface area contributed by atoms with E-state index in [2.05, 4.69) is 15.6 Å². The van der Waals surface area contributed by atoms with E-state index >= 15 is 0 Å². The molecule has 11 nitrogen and oxygen atoms in total. The zero-order valence-electron chi connectivity index (χ0n) is 17.6. The van der Waals surface area contributed by atoms with Crippen molar-refractivity contribution in [1.29, 1.82) is 0 Å². The molecule has 3 rings (SSSR count). The quantitative estimate of drug-likeness (QED) is 0.466. The molecule has 1 aliphatic rings. The summed E-state index contributed by atoms with van der Waals surface area (Å²) in [5, 5.41) is 10.6. The monoisotopic (exact) mass is 451 g/mol. The highest BCUT2D eigenvalue weighted by atomic mass is 32.2. The second kappa shape index (κ2) is 9.90. The van der Waals surface area contributed by atoms with E-state index in [9.17, 15) is 13.2 Å². The van der Waals surface area contributed by atoms with E-state index in [0.717, 1.165) is 5.56 Å². The number of rotatable bonds is 8. The Labute approximate surface area is 180 Å². The van der Waals surface area contributed by atoms with Crippen molar-refractivity contribution in [2.24, 2.45) is 12.2 Å². The van der Waals surface area contributed by atoms with Crippen LogP contribution in [-0.2, 0) is 31.4 Å². The first-order valence-corrected chi connectivity index (χ1v) is 11.0. The van der Waals surface area contributed by atoms with Gasteiger partial charge in [0.05, 0.1) is 42.8 Å². The molecule has 31 heavy (non-hydrogen) atoms. The van der Waals surface area contributed by atoms with Crippen molar-refractivity contribution in [2.45, 2.75) is 11.8 Å². The Morgan fingerprint density at radius 1 is 1.32 bits per heavy atom. The molecule has 0 spiro atoms. The summed E-state index contributed by atoms with van der Waals surface area (Å²) in [7, 11) is -0.503. The molecule has 1 fully saturated rings. The standard InChI is InChI=1S/C19H25N5O6S/c1-14(15-11-20-23(2)12-15)22-30-13-19(25)21-17-10-16(4-5-18(17)28-3)31(26,27)24-6-8-29-9-7-24/h4-5,10-12H,6-9,13H2,1-3H3,(H,21,25)/b22-14-. The first-order valence-electron chi connectivity index (χ1n) is 9.52. The number of aryl methyl sites for hydroxylation is 1. The Hall–Kier alpha value is -2.96. The lowest BCUT2D eigenvalue weighted by molar-refractivity contribution is -0.120. The molecule has 0 radical (unpaired) electrons. The molecule has 1 saturated heterocycles. The molecule has 0 bridgehead atoms. The van der Waals surface area contributed by atoms with Gasteiger partial charge >= 0.3 is 0 Å². The van der Waals surface area contributed by atoms with Crippen LogP contribution in [-0.4, -0.2) is 74.1 Å². The van der Waals surface area contributed by atoms with Crippen LogP contribution >= 0.6 is 0 Å². The number of hydrogen-bond acceptors (Lipinski definition) is 8. The Kier molecular flexibility index (Phi) is 7.25. The van der Waals surface area contributed by atoms with E-state index in [-0.39, 0.29) is 30.3 Å². The summed E-state index contributed by atoms with van der Waals surface area (Å²) in [5.41, 5.74) is 1.56. The van der Waals surface area contributed by atoms with Crippen LogP contribution in [0.15, 0.2) is 40.6 Å². The van der Waals surface area contributed by atoms with Crippen LogP contribution in [0, 0.1) is 0 Å². The predicted molar refractivity (Wildman–Crippen MR) is 113 cm³/mol. The van der Waals surface area contributed by atoms with Gasteiger partial charge in [0.1, 0.15) is 5.75 Å². The van der Waals surface area contributed by atoms with Crippen molar-refractivity contribution in [2.75, 3.05) is 45.3 Å². The van der Waals surface area contributed by atoms with Crippen LogP contribution in [0.5, 0.6) is 5.75 Å². The molecule has 1 N–H and O–H groups in total. The van der Waals surface area contributed by atoms with Gasteiger partial charge < -0.3 is 19.6 Å². The van der Waals surface area contributed by atoms with E-state index in [1.807, 2.05) is 0 Å². The molecule has 12 heteroatoms. The number of anilines is 1. The smallest absolute Gasteiger partial charge is 0.265 e. The number of hydrogen-bond donors (Lipinski definition) is 1. The van der Waals surface area contributed by atoms with Crippen LogP contribution in [0.2, 0.25) is 0 Å². The van der Waals surface area contributed by atoms with E-state index in [4.69, 9.17) is 14.3 Å². The van der Waals surface area contributed by atoms with Crippen LogP contribution in [0.25, 0.3) is 0 Å². The van der Waals surface area contributed by atoms with E-state index in [1.165, 1.54) is 29.6 Å². The van der Waals surface area contributed by atoms with Crippen LogP contribution in [0.1, 0.15) is 12.5 Å². The number of aromatic nitrogens is 2. The zero-order chi connectivity index (χ0) is 22.4. The molecule has 1 amide bonds. The molecule has 0 saturated carbocycles. The Balaban J connectivity index is 1.68. The van der Waals surface area contributed by atoms with Gasteiger partial charge in [0.15, 0.2) is 6.61 Å². The van der Waals surface area contributed by atoms with E-state index in [1.54, 1.807) is 31.0 Å². The minimum Gasteiger partial charge on any atom is -0.495 e. The maximum Gasteiger partial charge on any atom is 0.265 e. The average molecular weight is 452 g/mol. The van der Waals surface area contributed by atoms with Gasteiger partial charge in [-0.3, -0.25) is 9.48 Å². The van der Waals surface area contributed by atoms with E-state index < -0.39 is 15.9 Å². The van der Waals surface area contributed by atoms with Gasteiger partial charge in [-0.1, -0.05) is 5.16 Å². The van der Waals surface area contributed by atoms with Crippen molar-refractivity contribution in [3.8, 4) is 5.75 Å². The molecule has 1 aliphatic heterocycles. The van der Waals surface area contributed by atoms with Crippen LogP contribution in [0.4, 0.5) is 5.69 Å². The number of benzene rings is 1. The fraction of sp³-hybridized carbons (Fsp3) is 0.421. The summed E-state index contributed by atoms with van der Waals surface area (Å²) in [4.78, 5) is 17.5. The third kappa shape index (κ3) is 5.60. The van der Waals surface area contributed by atoms with Crippen molar-refractivity contribution in [3.63, 3.8) is 0 Å². The maximum absolute atomic E-state index is 12.9. The normalized spacial score (nSPS) is 15.5. The van der Waals surface area contributed by atoms with Gasteiger partial charge in [0, 0.05) is 31.9 Å². The fourth-order valence-electron chi connectivity index (χ4n) is 2.92. The zero-order valence-corrected chi connectivity index (χ0v) is 18.4. The van der Waals surface area contributed by atoms with Crippen LogP contribution < -0.4 is 10.1 Å². The Bertz CT molecular complexity index is 1060. The summed E-state index contributed by atoms with van der Waals surface area (Å²) in [6.45, 7) is 2.61. The second-order valence-corrected chi connectivity index (χ2v) is 8.72. The number of nitrogens with zero attached hydrogens (tertiary/aromatic N) is 4. The van der Waals surface area contributed by atoms with Gasteiger partial charge in [-0.25, -0.2) is 8.42 Å². The first kappa shape index (κ1) is 22.7. The number of methoxy groups -OCH3 is 1. The molecular weight excluding hydrogens is 426 g/mol. The van der Waals surface area contributed by atoms with Crippen LogP contribution in [0.3, 0.4) is 0 Å². The highest BCUT2D eigenvalue weighted by Crippen LogP contribution is 2.29. The van der Waals surface area contributed by atoms with Crippen molar-refractivity contribution in [3.05, 3.63) is 36.2 Å². The summed E-state index contributed by atoms with van der Waals surface area (Å²) in [6.07, 6.45) is 3.40. The topological polar surface area (TPSA) is 124 Å². The highest BCUT2D eigenvalue weighted by molar-refractivity contribution is 7.89. The third-order valence-corrected chi connectivity index (χ3v) is 6.47. The Morgan fingerprint density at radius 2 is 2.06 bits per heavy atom. The SMILES string of the molecule is COc1ccc(S(=O)(=O)N2CCOCC2)cc1NC(=O)CO/N=C(/C)c1cnn(C)c1. The molecule has 168 valence electrons. The molecule has 2 aromatic rings. The van der Waals surface area contributed by atoms with Crippen molar-refractivity contribution in [1.82, 2.24) is 14.1 Å². The lowest BCUT2D eigenvalue weighted by Crippen LogP contribution is -2.40. The largest absolute Gasteiger partial charge is 0.495 e. The molecule has 1 aromatic heterocycles. The molecule has 2 heterocycles. The molecule has 0 unspecified atom stereocenters. The van der Waals surface area contributed by atoms with Gasteiger partial charge in [0.2, 0.25) is 10.0 Å². The first-order chi connectivity index (χ1) is 14.8. The number of oxime groups is 1. The number of carbonyl (C=O) groups excluding carboxylic acids is 1. The third-order valence-electron chi connectivity index (χ3n) is 4.57. The number of amides is 1. The number of morpholine rings is 1. The number of ether oxygens (including phenoxy) is 2. The second-order valence-electron chi connectivity index (χ2n) is 6.78. The van der Waals surface area contributed by atoms with Gasteiger partial charge in [-0.2, -0.15) is 9.40 Å². The number of carbonyl (C=O) groups is 1. The summed E-state index contributed by atoms with van der Waals surface area (Å²) in [5.74, 6) is -0.189. The Morgan fingerprint density at radius 3 is 2.71 bits per heavy atom. The van der Waals surface area contributed by atoms with E-state index in [0.29, 0.717) is 24.7 Å². The summed E-state index contributed by atoms with van der Waals surface area (Å²) in [6, 6.07) is 4.30. The maximum atomic E-state index is 12.9. The predicted octanol–water partition coefficient (Wildman–Crippen LogP) is 0.829. The lowest BCUT2D eigenvalue weighted by Gasteiger charge is -2.26. The minimum absolute atomic E-state index is 0.0526. The summed E-state index contributed by atoms with van der Waals surface area (Å²) >= 11 is 0. The van der Waals surface area contributed by atoms with Crippen molar-refractivity contribution < 1.29 is 27.5 Å². The van der Waals surface area contributed by atoms with Gasteiger partial charge in [0.25, 0.3) is 5.91 Å². The lowest BCUT2D eigenvalue weighted by atomic mass is 10.2. The molecule has 0 atom stereocenters. The molecule has 0 aliphatic carbocycles. The average Bonchev–Trinajstić information content (AvgIpc) is 3.20. The molecular formula is C19H25N5O6S. The molecule has 1 aromatic carbocycles. The summed E-state index contributed by atoms with van der Waals surface area (Å²) < 4.78 is 39.2. The van der Waals surface area contributed by atoms with Crippen molar-refractivity contribution >= 4 is 27.3 Å². The number of nitrogens with one attached hydrogen (secondary N) is 1. The number of sulfonamides is 1.